The number of aliphatic imine (C=N–C) groups is 2. The Hall–Kier alpha value is -7.55. The largest absolute Gasteiger partial charge is 0.466 e. The highest BCUT2D eigenvalue weighted by molar-refractivity contribution is 7.89. The van der Waals surface area contributed by atoms with E-state index in [-0.39, 0.29) is 75.5 Å². The monoisotopic (exact) mass is 1330 g/mol. The summed E-state index contributed by atoms with van der Waals surface area (Å²) in [6.45, 7) is 1.03. The third kappa shape index (κ3) is 13.8. The molecule has 4 aliphatic heterocycles. The third-order valence-corrected chi connectivity index (χ3v) is 20.5. The van der Waals surface area contributed by atoms with Crippen LogP contribution in [0, 0.1) is 23.5 Å². The number of aromatic amines is 1. The maximum atomic E-state index is 14.5. The number of aromatic nitrogens is 8. The molecule has 6 aromatic heterocycles. The van der Waals surface area contributed by atoms with Crippen molar-refractivity contribution in [3.8, 4) is 0 Å². The van der Waals surface area contributed by atoms with E-state index in [2.05, 4.69) is 45.9 Å². The average Bonchev–Trinajstić information content (AvgIpc) is 1.81. The molecule has 0 aliphatic carbocycles. The number of alkyl halides is 1. The van der Waals surface area contributed by atoms with Gasteiger partial charge in [-0.15, -0.1) is 34.3 Å². The van der Waals surface area contributed by atoms with Crippen LogP contribution in [0.25, 0.3) is 0 Å². The number of piperidine rings is 2. The Morgan fingerprint density at radius 2 is 1.16 bits per heavy atom. The van der Waals surface area contributed by atoms with Crippen molar-refractivity contribution < 1.29 is 53.5 Å². The van der Waals surface area contributed by atoms with Gasteiger partial charge in [0, 0.05) is 96.1 Å². The molecule has 456 valence electrons. The molecule has 2 saturated heterocycles. The number of nitrogens with zero attached hydrogens (tertiary/aromatic N) is 11. The van der Waals surface area contributed by atoms with Gasteiger partial charge in [-0.3, -0.25) is 19.8 Å². The number of halogens is 5. The number of carbonyl (C=O) groups excluding carboxylic acids is 2. The van der Waals surface area contributed by atoms with Gasteiger partial charge in [0.25, 0.3) is 0 Å². The van der Waals surface area contributed by atoms with E-state index in [4.69, 9.17) is 63.1 Å². The molecule has 12 rings (SSSR count). The molecule has 2 fully saturated rings. The van der Waals surface area contributed by atoms with Crippen LogP contribution in [0.3, 0.4) is 0 Å². The maximum Gasteiger partial charge on any atom is 0.338 e. The standard InChI is InChI=1S/C27H25ClFN7O5S2.C23H22ClFN6O4S2.C4H4ClNO/c1-40-27(37)21-23(33-25(26-31-8-12-42-26)34-24(21)18-3-2-4-19(29)22(18)28)16-5-9-36(10-6-16)43(38,39)17-13-32-35(14-17)15-20-30-7-11-41-20;1-35-23(32)17-19(13-5-8-31(9-6-13)37(33,34)14-11-27-28-12-14)29-21(22-26-7-10-36-22)30-20(17)15-3-2-4-16(25)18(15)24;5-3-4-6-1-2-7-4/h2-4,7-8,11-14,16,24H,5-6,9-10,15H2,1H3,(H,33,34);2-4,7,10-13,20H,5-6,8-9H2,1H3,(H,27,28)(H,29,30);1-2H,3H2. The number of H-pyrrole nitrogens is 1. The molecule has 2 atom stereocenters. The topological polar surface area (TPSA) is 300 Å². The zero-order chi connectivity index (χ0) is 61.4. The Morgan fingerprint density at radius 1 is 0.678 bits per heavy atom. The van der Waals surface area contributed by atoms with Gasteiger partial charge in [-0.25, -0.2) is 55.1 Å². The van der Waals surface area contributed by atoms with E-state index in [1.54, 1.807) is 41.5 Å². The highest BCUT2D eigenvalue weighted by Crippen LogP contribution is 2.43. The molecule has 10 heterocycles. The number of hydrogen-bond donors (Lipinski definition) is 3. The minimum Gasteiger partial charge on any atom is -0.466 e. The fraction of sp³-hybridized carbons (Fsp3) is 0.296. The zero-order valence-electron chi connectivity index (χ0n) is 45.8. The predicted octanol–water partition coefficient (Wildman–Crippen LogP) is 8.48. The molecule has 0 bridgehead atoms. The number of methoxy groups -OCH3 is 2. The van der Waals surface area contributed by atoms with Gasteiger partial charge >= 0.3 is 11.9 Å². The lowest BCUT2D eigenvalue weighted by Crippen LogP contribution is -2.43. The molecule has 33 heteroatoms. The van der Waals surface area contributed by atoms with E-state index in [9.17, 15) is 35.2 Å². The molecular formula is C54H51Cl3F2N14O10S4. The summed E-state index contributed by atoms with van der Waals surface area (Å²) in [6.07, 6.45) is 16.2. The second-order valence-electron chi connectivity index (χ2n) is 19.3. The minimum absolute atomic E-state index is 0.0572. The van der Waals surface area contributed by atoms with Gasteiger partial charge < -0.3 is 28.9 Å². The first kappa shape index (κ1) is 62.5. The van der Waals surface area contributed by atoms with Crippen LogP contribution in [-0.2, 0) is 51.5 Å². The van der Waals surface area contributed by atoms with Crippen LogP contribution < -0.4 is 10.6 Å². The van der Waals surface area contributed by atoms with Crippen molar-refractivity contribution in [3.63, 3.8) is 0 Å². The van der Waals surface area contributed by atoms with Gasteiger partial charge in [-0.1, -0.05) is 47.5 Å². The smallest absolute Gasteiger partial charge is 0.338 e. The van der Waals surface area contributed by atoms with Crippen LogP contribution in [0.15, 0.2) is 160 Å². The summed E-state index contributed by atoms with van der Waals surface area (Å²) in [5, 5.41) is 21.4. The first-order valence-corrected chi connectivity index (χ1v) is 32.3. The summed E-state index contributed by atoms with van der Waals surface area (Å²) in [7, 11) is -5.02. The number of esters is 2. The maximum absolute atomic E-state index is 14.5. The van der Waals surface area contributed by atoms with Gasteiger partial charge in [0.1, 0.15) is 52.6 Å². The highest BCUT2D eigenvalue weighted by atomic mass is 35.5. The van der Waals surface area contributed by atoms with Crippen LogP contribution >= 0.6 is 57.5 Å². The molecule has 3 N–H and O–H groups in total. The van der Waals surface area contributed by atoms with Gasteiger partial charge in [-0.05, 0) is 37.8 Å². The SMILES string of the molecule is COC(=O)C1=C(C2CCN(S(=O)(=O)c3cn[nH]c3)CC2)NC(c2nccs2)=NC1c1cccc(F)c1Cl.COC(=O)C1=C(C2CCN(S(=O)(=O)c3cnn(Cc4ncco4)c3)CC2)NC(c2nccs2)=NC1c1cccc(F)c1Cl.ClCc1ncco1. The quantitative estimate of drug-likeness (QED) is 0.0640. The number of amidine groups is 2. The van der Waals surface area contributed by atoms with Crippen molar-refractivity contribution in [2.45, 2.75) is 60.0 Å². The van der Waals surface area contributed by atoms with Crippen LogP contribution in [-0.4, -0.2) is 129 Å². The van der Waals surface area contributed by atoms with E-state index in [1.165, 1.54) is 118 Å². The summed E-state index contributed by atoms with van der Waals surface area (Å²) in [5.41, 5.74) is 2.06. The number of nitrogens with one attached hydrogen (secondary N) is 3. The molecule has 2 unspecified atom stereocenters. The van der Waals surface area contributed by atoms with E-state index >= 15 is 0 Å². The second kappa shape index (κ2) is 27.7. The van der Waals surface area contributed by atoms with Crippen LogP contribution in [0.4, 0.5) is 8.78 Å². The Balaban J connectivity index is 0.000000174. The number of carbonyl (C=O) groups is 2. The summed E-state index contributed by atoms with van der Waals surface area (Å²) >= 11 is 20.7. The Kier molecular flexibility index (Phi) is 19.9. The highest BCUT2D eigenvalue weighted by Gasteiger charge is 2.42. The zero-order valence-corrected chi connectivity index (χ0v) is 51.3. The average molecular weight is 1330 g/mol. The van der Waals surface area contributed by atoms with Crippen LogP contribution in [0.5, 0.6) is 0 Å². The molecule has 0 saturated carbocycles. The fourth-order valence-electron chi connectivity index (χ4n) is 10.1. The predicted molar refractivity (Wildman–Crippen MR) is 315 cm³/mol. The van der Waals surface area contributed by atoms with Gasteiger partial charge in [0.05, 0.1) is 66.1 Å². The number of benzene rings is 2. The van der Waals surface area contributed by atoms with Gasteiger partial charge in [0.2, 0.25) is 31.8 Å². The van der Waals surface area contributed by atoms with Crippen LogP contribution in [0.2, 0.25) is 10.0 Å². The number of rotatable bonds is 15. The molecule has 2 aromatic carbocycles. The molecule has 0 radical (unpaired) electrons. The number of ether oxygens (including phenoxy) is 2. The summed E-state index contributed by atoms with van der Waals surface area (Å²) < 4.78 is 106. The number of thiazole rings is 2. The summed E-state index contributed by atoms with van der Waals surface area (Å²) in [6, 6.07) is 6.78. The number of oxazole rings is 2. The van der Waals surface area contributed by atoms with Crippen molar-refractivity contribution in [2.24, 2.45) is 21.8 Å². The lowest BCUT2D eigenvalue weighted by Gasteiger charge is -2.36. The van der Waals surface area contributed by atoms with E-state index in [1.807, 2.05) is 0 Å². The van der Waals surface area contributed by atoms with E-state index in [0.29, 0.717) is 87.6 Å². The summed E-state index contributed by atoms with van der Waals surface area (Å²) in [4.78, 5) is 52.4. The number of hydrogen-bond acceptors (Lipinski definition) is 22. The summed E-state index contributed by atoms with van der Waals surface area (Å²) in [5.74, 6) is -0.919. The first-order valence-electron chi connectivity index (χ1n) is 26.4. The van der Waals surface area contributed by atoms with Crippen molar-refractivity contribution in [1.82, 2.24) is 59.2 Å². The first-order chi connectivity index (χ1) is 42.0. The third-order valence-electron chi connectivity index (χ3n) is 14.2. The molecule has 24 nitrogen and oxygen atoms in total. The van der Waals surface area contributed by atoms with E-state index in [0.717, 1.165) is 0 Å². The Labute approximate surface area is 519 Å². The van der Waals surface area contributed by atoms with Crippen molar-refractivity contribution >= 4 is 101 Å². The Bertz CT molecular complexity index is 4060. The van der Waals surface area contributed by atoms with Gasteiger partial charge in [-0.2, -0.15) is 18.8 Å². The minimum atomic E-state index is -3.84. The lowest BCUT2D eigenvalue weighted by molar-refractivity contribution is -0.137. The van der Waals surface area contributed by atoms with Crippen molar-refractivity contribution in [1.29, 1.82) is 0 Å². The van der Waals surface area contributed by atoms with Gasteiger partial charge in [0.15, 0.2) is 21.7 Å². The number of allylic oxidation sites excluding steroid dienone is 2. The second-order valence-corrected chi connectivity index (χ2v) is 25.9. The fourth-order valence-corrected chi connectivity index (χ4v) is 14.6. The molecule has 8 aromatic rings. The lowest BCUT2D eigenvalue weighted by atomic mass is 9.86. The van der Waals surface area contributed by atoms with Crippen molar-refractivity contribution in [3.05, 3.63) is 186 Å². The van der Waals surface area contributed by atoms with Crippen LogP contribution in [0.1, 0.15) is 70.7 Å². The molecule has 0 spiro atoms. The molecule has 0 amide bonds. The Morgan fingerprint density at radius 3 is 1.56 bits per heavy atom. The molecule has 4 aliphatic rings. The normalized spacial score (nSPS) is 18.1. The van der Waals surface area contributed by atoms with E-state index < -0.39 is 55.7 Å². The molecular weight excluding hydrogens is 1280 g/mol. The molecule has 87 heavy (non-hydrogen) atoms. The number of sulfonamides is 2. The van der Waals surface area contributed by atoms with Crippen molar-refractivity contribution in [2.75, 3.05) is 40.4 Å².